The van der Waals surface area contributed by atoms with Crippen LogP contribution in [0, 0.1) is 13.8 Å². The van der Waals surface area contributed by atoms with Crippen molar-refractivity contribution in [3.05, 3.63) is 166 Å². The first-order valence-electron chi connectivity index (χ1n) is 17.3. The third-order valence-electron chi connectivity index (χ3n) is 7.91. The molecule has 0 aliphatic heterocycles. The van der Waals surface area contributed by atoms with Gasteiger partial charge in [-0.2, -0.15) is 0 Å². The molecule has 0 bridgehead atoms. The molecule has 0 saturated heterocycles. The van der Waals surface area contributed by atoms with E-state index >= 15 is 0 Å². The van der Waals surface area contributed by atoms with Gasteiger partial charge >= 0.3 is 6.29 Å². The van der Waals surface area contributed by atoms with Crippen LogP contribution in [0.5, 0.6) is 46.0 Å². The van der Waals surface area contributed by atoms with Crippen molar-refractivity contribution in [2.75, 3.05) is 0 Å². The van der Waals surface area contributed by atoms with Crippen molar-refractivity contribution in [1.29, 1.82) is 0 Å². The molecule has 0 unspecified atom stereocenters. The second-order valence-electron chi connectivity index (χ2n) is 12.4. The molecule has 58 heavy (non-hydrogen) atoms. The van der Waals surface area contributed by atoms with E-state index in [-0.39, 0.29) is 34.6 Å². The standard InChI is InChI=1S/C17H16O4.C15H12O4.2C7H6O2/c1-10-4-6-14(9-15(10)11(2)18)21-17-7-5-13(20)8-16(17)12(3)19;1-10-2-4-14(7-11(10)8-16)19-15-5-3-13(18)6-12(15)9-17;2*8-5-6-2-1-3-7(9)4-6/h4-9,20H,1-3H3;2-9,18H,1H3;2*1-5,9H/p+1. The van der Waals surface area contributed by atoms with E-state index in [4.69, 9.17) is 24.5 Å². The molecule has 0 fully saturated rings. The second-order valence-corrected chi connectivity index (χ2v) is 12.4. The van der Waals surface area contributed by atoms with Gasteiger partial charge < -0.3 is 29.9 Å². The minimum Gasteiger partial charge on any atom is -0.508 e. The number of aryl methyl sites for hydroxylation is 2. The average Bonchev–Trinajstić information content (AvgIpc) is 3.21. The lowest BCUT2D eigenvalue weighted by Gasteiger charge is -2.11. The zero-order valence-electron chi connectivity index (χ0n) is 32.0. The molecule has 0 spiro atoms. The molecule has 6 aromatic carbocycles. The number of rotatable bonds is 10. The summed E-state index contributed by atoms with van der Waals surface area (Å²) >= 11 is 0. The minimum atomic E-state index is -0.209. The highest BCUT2D eigenvalue weighted by atomic mass is 16.5. The Hall–Kier alpha value is -7.86. The van der Waals surface area contributed by atoms with Crippen molar-refractivity contribution in [2.45, 2.75) is 27.7 Å². The van der Waals surface area contributed by atoms with Gasteiger partial charge in [0, 0.05) is 22.3 Å². The normalized spacial score (nSPS) is 9.72. The maximum absolute atomic E-state index is 11.6. The molecule has 0 amide bonds. The Balaban J connectivity index is 0.000000221. The summed E-state index contributed by atoms with van der Waals surface area (Å²) in [6, 6.07) is 31.4. The Kier molecular flexibility index (Phi) is 16.8. The van der Waals surface area contributed by atoms with Gasteiger partial charge in [-0.3, -0.25) is 28.8 Å². The topological polar surface area (TPSA) is 206 Å². The largest absolute Gasteiger partial charge is 0.508 e. The highest BCUT2D eigenvalue weighted by Gasteiger charge is 2.13. The first-order chi connectivity index (χ1) is 27.7. The van der Waals surface area contributed by atoms with Crippen LogP contribution in [0.4, 0.5) is 0 Å². The van der Waals surface area contributed by atoms with E-state index < -0.39 is 0 Å². The number of aldehydes is 4. The Morgan fingerprint density at radius 1 is 0.500 bits per heavy atom. The Morgan fingerprint density at radius 3 is 1.47 bits per heavy atom. The van der Waals surface area contributed by atoms with E-state index in [0.717, 1.165) is 23.7 Å². The molecular formula is C46H41O12+. The number of carbonyl (C=O) groups is 5. The molecule has 0 aliphatic rings. The molecular weight excluding hydrogens is 744 g/mol. The Labute approximate surface area is 334 Å². The lowest BCUT2D eigenvalue weighted by molar-refractivity contribution is 0.100. The first kappa shape index (κ1) is 44.5. The van der Waals surface area contributed by atoms with Crippen molar-refractivity contribution in [2.24, 2.45) is 0 Å². The van der Waals surface area contributed by atoms with Crippen LogP contribution < -0.4 is 9.47 Å². The lowest BCUT2D eigenvalue weighted by Crippen LogP contribution is -1.99. The average molecular weight is 786 g/mol. The van der Waals surface area contributed by atoms with Crippen molar-refractivity contribution in [1.82, 2.24) is 0 Å². The monoisotopic (exact) mass is 785 g/mol. The van der Waals surface area contributed by atoms with Crippen molar-refractivity contribution in [3.8, 4) is 46.0 Å². The van der Waals surface area contributed by atoms with E-state index in [0.29, 0.717) is 69.0 Å². The lowest BCUT2D eigenvalue weighted by atomic mass is 10.1. The first-order valence-corrected chi connectivity index (χ1v) is 17.3. The summed E-state index contributed by atoms with van der Waals surface area (Å²) in [6.07, 6.45) is 3.00. The van der Waals surface area contributed by atoms with Crippen LogP contribution in [-0.4, -0.2) is 61.9 Å². The minimum absolute atomic E-state index is 0.000816. The van der Waals surface area contributed by atoms with Gasteiger partial charge in [-0.25, -0.2) is 0 Å². The predicted molar refractivity (Wildman–Crippen MR) is 218 cm³/mol. The quantitative estimate of drug-likeness (QED) is 0.0585. The number of Topliss-reactive ketones (excluding diaryl/α,β-unsaturated/α-hetero) is 2. The summed E-state index contributed by atoms with van der Waals surface area (Å²) in [5.74, 6) is 1.72. The summed E-state index contributed by atoms with van der Waals surface area (Å²) in [6.45, 7) is 6.58. The molecule has 0 atom stereocenters. The van der Waals surface area contributed by atoms with Gasteiger partial charge in [-0.15, -0.1) is 0 Å². The fourth-order valence-corrected chi connectivity index (χ4v) is 4.91. The Morgan fingerprint density at radius 2 is 0.983 bits per heavy atom. The molecule has 0 radical (unpaired) electrons. The number of ether oxygens (including phenoxy) is 2. The number of hydrogen-bond donors (Lipinski definition) is 4. The van der Waals surface area contributed by atoms with Crippen LogP contribution >= 0.6 is 0 Å². The SMILES string of the molecule is CC(=O)c1cc(Oc2ccc(O)cc2C(C)=O)ccc1C.Cc1ccc(Oc2ccc(O)cc2C=[OH+])cc1C=O.O=Cc1cccc(O)c1.O=Cc1cccc(O)c1. The number of phenols is 4. The zero-order valence-corrected chi connectivity index (χ0v) is 32.0. The van der Waals surface area contributed by atoms with E-state index in [1.165, 1.54) is 74.5 Å². The smallest absolute Gasteiger partial charge is 0.316 e. The van der Waals surface area contributed by atoms with Gasteiger partial charge in [-0.1, -0.05) is 36.4 Å². The van der Waals surface area contributed by atoms with E-state index in [9.17, 15) is 34.2 Å². The molecule has 6 aromatic rings. The highest BCUT2D eigenvalue weighted by Crippen LogP contribution is 2.31. The summed E-state index contributed by atoms with van der Waals surface area (Å²) in [5, 5.41) is 36.3. The van der Waals surface area contributed by atoms with E-state index in [1.54, 1.807) is 60.7 Å². The molecule has 296 valence electrons. The van der Waals surface area contributed by atoms with Crippen molar-refractivity contribution in [3.63, 3.8) is 0 Å². The fourth-order valence-electron chi connectivity index (χ4n) is 4.91. The number of aromatic hydroxyl groups is 4. The fraction of sp³-hybridized carbons (Fsp3) is 0.0870. The van der Waals surface area contributed by atoms with Crippen LogP contribution in [0.1, 0.15) is 82.3 Å². The number of phenolic OH excluding ortho intramolecular Hbond substituents is 4. The summed E-state index contributed by atoms with van der Waals surface area (Å²) in [7, 11) is 0. The molecule has 0 aromatic heterocycles. The number of carbonyl (C=O) groups excluding carboxylic acids is 6. The third-order valence-corrected chi connectivity index (χ3v) is 7.91. The molecule has 12 heteroatoms. The third kappa shape index (κ3) is 13.8. The van der Waals surface area contributed by atoms with Gasteiger partial charge in [0.1, 0.15) is 70.4 Å². The van der Waals surface area contributed by atoms with E-state index in [2.05, 4.69) is 0 Å². The second kappa shape index (κ2) is 21.9. The van der Waals surface area contributed by atoms with Crippen LogP contribution in [-0.2, 0) is 0 Å². The summed E-state index contributed by atoms with van der Waals surface area (Å²) < 4.78 is 11.3. The van der Waals surface area contributed by atoms with E-state index in [1.807, 2.05) is 13.8 Å². The van der Waals surface area contributed by atoms with Gasteiger partial charge in [-0.05, 0) is 124 Å². The number of benzene rings is 6. The van der Waals surface area contributed by atoms with Gasteiger partial charge in [0.05, 0.1) is 5.56 Å². The van der Waals surface area contributed by atoms with Crippen LogP contribution in [0.3, 0.4) is 0 Å². The van der Waals surface area contributed by atoms with Crippen molar-refractivity contribution >= 4 is 36.7 Å². The summed E-state index contributed by atoms with van der Waals surface area (Å²) in [5.41, 5.74) is 4.49. The maximum Gasteiger partial charge on any atom is 0.316 e. The van der Waals surface area contributed by atoms with Gasteiger partial charge in [0.15, 0.2) is 11.6 Å². The van der Waals surface area contributed by atoms with Crippen LogP contribution in [0.25, 0.3) is 0 Å². The molecule has 0 saturated carbocycles. The molecule has 5 N–H and O–H groups in total. The highest BCUT2D eigenvalue weighted by molar-refractivity contribution is 5.98. The number of ketones is 2. The van der Waals surface area contributed by atoms with Crippen LogP contribution in [0.15, 0.2) is 121 Å². The van der Waals surface area contributed by atoms with Crippen LogP contribution in [0.2, 0.25) is 0 Å². The van der Waals surface area contributed by atoms with Gasteiger partial charge in [0.2, 0.25) is 0 Å². The predicted octanol–water partition coefficient (Wildman–Crippen LogP) is 9.14. The molecule has 0 heterocycles. The molecule has 6 rings (SSSR count). The molecule has 12 nitrogen and oxygen atoms in total. The summed E-state index contributed by atoms with van der Waals surface area (Å²) in [4.78, 5) is 63.2. The van der Waals surface area contributed by atoms with Crippen molar-refractivity contribution < 1.29 is 58.7 Å². The van der Waals surface area contributed by atoms with Gasteiger partial charge in [0.25, 0.3) is 0 Å². The maximum atomic E-state index is 11.6. The molecule has 0 aliphatic carbocycles. The number of hydrogen-bond acceptors (Lipinski definition) is 11. The Bertz CT molecular complexity index is 2370. The zero-order chi connectivity index (χ0) is 42.8.